The summed E-state index contributed by atoms with van der Waals surface area (Å²) in [6, 6.07) is 0. The lowest BCUT2D eigenvalue weighted by Gasteiger charge is -2.26. The molecule has 1 aliphatic heterocycles. The first-order valence-electron chi connectivity index (χ1n) is 8.72. The maximum Gasteiger partial charge on any atom is 0.243 e. The van der Waals surface area contributed by atoms with E-state index in [1.807, 2.05) is 41.2 Å². The summed E-state index contributed by atoms with van der Waals surface area (Å²) in [4.78, 5) is 14.1. The van der Waals surface area contributed by atoms with Crippen LogP contribution in [0.1, 0.15) is 13.8 Å². The van der Waals surface area contributed by atoms with Gasteiger partial charge in [-0.2, -0.15) is 0 Å². The Labute approximate surface area is 156 Å². The average molecular weight is 380 g/mol. The van der Waals surface area contributed by atoms with Crippen LogP contribution in [0.4, 0.5) is 0 Å². The highest BCUT2D eigenvalue weighted by Gasteiger charge is 2.21. The molecule has 0 aromatic carbocycles. The Morgan fingerprint density at radius 2 is 2.08 bits per heavy atom. The Hall–Kier alpha value is -2.07. The van der Waals surface area contributed by atoms with Crippen molar-refractivity contribution in [3.63, 3.8) is 0 Å². The molecule has 26 heavy (non-hydrogen) atoms. The third kappa shape index (κ3) is 4.01. The van der Waals surface area contributed by atoms with Gasteiger partial charge in [-0.25, -0.2) is 0 Å². The summed E-state index contributed by atoms with van der Waals surface area (Å²) in [5.74, 6) is 1.65. The first kappa shape index (κ1) is 18.7. The third-order valence-corrected chi connectivity index (χ3v) is 5.10. The van der Waals surface area contributed by atoms with Gasteiger partial charge in [-0.15, -0.1) is 15.3 Å². The summed E-state index contributed by atoms with van der Waals surface area (Å²) in [5.41, 5.74) is 0.801. The van der Waals surface area contributed by atoms with Gasteiger partial charge in [0.25, 0.3) is 0 Å². The zero-order chi connectivity index (χ0) is 18.5. The number of aryl methyl sites for hydroxylation is 1. The molecule has 2 aromatic rings. The van der Waals surface area contributed by atoms with Crippen molar-refractivity contribution in [1.29, 1.82) is 0 Å². The molecule has 3 rings (SSSR count). The van der Waals surface area contributed by atoms with Crippen molar-refractivity contribution in [3.05, 3.63) is 6.20 Å². The van der Waals surface area contributed by atoms with Crippen molar-refractivity contribution in [2.75, 3.05) is 38.7 Å². The molecular formula is C16H24N6O3S. The lowest BCUT2D eigenvalue weighted by atomic mass is 10.3. The fourth-order valence-electron chi connectivity index (χ4n) is 2.67. The molecule has 0 atom stereocenters. The molecule has 1 amide bonds. The summed E-state index contributed by atoms with van der Waals surface area (Å²) in [6.07, 6.45) is 1.91. The van der Waals surface area contributed by atoms with Crippen LogP contribution >= 0.6 is 11.8 Å². The number of carbonyl (C=O) groups is 1. The van der Waals surface area contributed by atoms with E-state index in [9.17, 15) is 4.79 Å². The zero-order valence-electron chi connectivity index (χ0n) is 15.3. The molecule has 142 valence electrons. The fourth-order valence-corrected chi connectivity index (χ4v) is 3.48. The van der Waals surface area contributed by atoms with Crippen molar-refractivity contribution in [2.45, 2.75) is 25.5 Å². The monoisotopic (exact) mass is 380 g/mol. The van der Waals surface area contributed by atoms with Crippen molar-refractivity contribution >= 4 is 17.7 Å². The van der Waals surface area contributed by atoms with E-state index < -0.39 is 0 Å². The van der Waals surface area contributed by atoms with Gasteiger partial charge in [0.1, 0.15) is 5.56 Å². The van der Waals surface area contributed by atoms with E-state index in [0.717, 1.165) is 12.1 Å². The minimum atomic E-state index is 0.0941. The number of morpholine rings is 1. The Kier molecular flexibility index (Phi) is 6.15. The lowest BCUT2D eigenvalue weighted by Crippen LogP contribution is -2.41. The third-order valence-electron chi connectivity index (χ3n) is 4.10. The van der Waals surface area contributed by atoms with Crippen LogP contribution in [0.2, 0.25) is 0 Å². The van der Waals surface area contributed by atoms with Crippen LogP contribution in [-0.2, 0) is 23.1 Å². The largest absolute Gasteiger partial charge is 0.476 e. The standard InChI is InChI=1S/C16H24N6O3S/c1-4-22-10-12(15(19-22)25-5-2)14-17-18-16(20(14)3)26-11-13(23)21-6-8-24-9-7-21/h10H,4-9,11H2,1-3H3. The van der Waals surface area contributed by atoms with Crippen molar-refractivity contribution in [3.8, 4) is 17.3 Å². The van der Waals surface area contributed by atoms with Crippen LogP contribution in [-0.4, -0.2) is 74.0 Å². The minimum absolute atomic E-state index is 0.0941. The van der Waals surface area contributed by atoms with Gasteiger partial charge in [-0.3, -0.25) is 9.48 Å². The SMILES string of the molecule is CCOc1nn(CC)cc1-c1nnc(SCC(=O)N2CCOCC2)n1C. The minimum Gasteiger partial charge on any atom is -0.476 e. The number of rotatable bonds is 7. The maximum absolute atomic E-state index is 12.3. The topological polar surface area (TPSA) is 87.3 Å². The van der Waals surface area contributed by atoms with Gasteiger partial charge >= 0.3 is 0 Å². The van der Waals surface area contributed by atoms with E-state index in [2.05, 4.69) is 15.3 Å². The average Bonchev–Trinajstić information content (AvgIpc) is 3.24. The summed E-state index contributed by atoms with van der Waals surface area (Å²) in [6.45, 7) is 7.72. The molecule has 0 saturated carbocycles. The van der Waals surface area contributed by atoms with Crippen LogP contribution in [0, 0.1) is 0 Å². The van der Waals surface area contributed by atoms with Gasteiger partial charge in [0.05, 0.1) is 25.6 Å². The number of thioether (sulfide) groups is 1. The highest BCUT2D eigenvalue weighted by atomic mass is 32.2. The maximum atomic E-state index is 12.3. The van der Waals surface area contributed by atoms with Gasteiger partial charge in [-0.1, -0.05) is 11.8 Å². The number of amides is 1. The Balaban J connectivity index is 1.71. The van der Waals surface area contributed by atoms with Crippen LogP contribution in [0.25, 0.3) is 11.4 Å². The van der Waals surface area contributed by atoms with Crippen LogP contribution < -0.4 is 4.74 Å². The molecule has 0 N–H and O–H groups in total. The first-order chi connectivity index (χ1) is 12.6. The Morgan fingerprint density at radius 3 is 2.77 bits per heavy atom. The first-order valence-corrected chi connectivity index (χ1v) is 9.70. The van der Waals surface area contributed by atoms with E-state index in [0.29, 0.717) is 55.5 Å². The van der Waals surface area contributed by atoms with Crippen LogP contribution in [0.5, 0.6) is 5.88 Å². The smallest absolute Gasteiger partial charge is 0.243 e. The van der Waals surface area contributed by atoms with Gasteiger partial charge in [0.15, 0.2) is 11.0 Å². The van der Waals surface area contributed by atoms with Crippen LogP contribution in [0.3, 0.4) is 0 Å². The van der Waals surface area contributed by atoms with E-state index in [1.54, 1.807) is 0 Å². The molecule has 10 heteroatoms. The van der Waals surface area contributed by atoms with Gasteiger partial charge in [0.2, 0.25) is 11.8 Å². The highest BCUT2D eigenvalue weighted by molar-refractivity contribution is 7.99. The number of nitrogens with zero attached hydrogens (tertiary/aromatic N) is 6. The Morgan fingerprint density at radius 1 is 1.31 bits per heavy atom. The second-order valence-corrected chi connectivity index (χ2v) is 6.73. The van der Waals surface area contributed by atoms with E-state index >= 15 is 0 Å². The number of aromatic nitrogens is 5. The lowest BCUT2D eigenvalue weighted by molar-refractivity contribution is -0.132. The molecule has 1 aliphatic rings. The molecular weight excluding hydrogens is 356 g/mol. The molecule has 2 aromatic heterocycles. The fraction of sp³-hybridized carbons (Fsp3) is 0.625. The molecule has 3 heterocycles. The van der Waals surface area contributed by atoms with Gasteiger partial charge < -0.3 is 18.9 Å². The number of hydrogen-bond acceptors (Lipinski definition) is 7. The molecule has 1 saturated heterocycles. The van der Waals surface area contributed by atoms with Crippen LogP contribution in [0.15, 0.2) is 11.4 Å². The Bertz CT molecular complexity index is 753. The molecule has 0 spiro atoms. The summed E-state index contributed by atoms with van der Waals surface area (Å²) in [7, 11) is 1.88. The van der Waals surface area contributed by atoms with Gasteiger partial charge in [0, 0.05) is 32.9 Å². The molecule has 0 radical (unpaired) electrons. The molecule has 0 aliphatic carbocycles. The second kappa shape index (κ2) is 8.54. The summed E-state index contributed by atoms with van der Waals surface area (Å²) < 4.78 is 14.6. The van der Waals surface area contributed by atoms with E-state index in [1.165, 1.54) is 11.8 Å². The molecule has 1 fully saturated rings. The number of ether oxygens (including phenoxy) is 2. The van der Waals surface area contributed by atoms with Crippen molar-refractivity contribution in [2.24, 2.45) is 7.05 Å². The second-order valence-electron chi connectivity index (χ2n) is 5.78. The summed E-state index contributed by atoms with van der Waals surface area (Å²) in [5, 5.41) is 13.6. The number of carbonyl (C=O) groups excluding carboxylic acids is 1. The molecule has 0 bridgehead atoms. The quantitative estimate of drug-likeness (QED) is 0.664. The van der Waals surface area contributed by atoms with Crippen molar-refractivity contribution in [1.82, 2.24) is 29.4 Å². The predicted molar refractivity (Wildman–Crippen MR) is 97.2 cm³/mol. The van der Waals surface area contributed by atoms with E-state index in [4.69, 9.17) is 9.47 Å². The van der Waals surface area contributed by atoms with E-state index in [-0.39, 0.29) is 5.91 Å². The van der Waals surface area contributed by atoms with Gasteiger partial charge in [-0.05, 0) is 13.8 Å². The predicted octanol–water partition coefficient (Wildman–Crippen LogP) is 1.05. The van der Waals surface area contributed by atoms with Crippen molar-refractivity contribution < 1.29 is 14.3 Å². The number of hydrogen-bond donors (Lipinski definition) is 0. The molecule has 9 nitrogen and oxygen atoms in total. The summed E-state index contributed by atoms with van der Waals surface area (Å²) >= 11 is 1.39. The normalized spacial score (nSPS) is 14.7. The molecule has 0 unspecified atom stereocenters. The highest BCUT2D eigenvalue weighted by Crippen LogP contribution is 2.29. The zero-order valence-corrected chi connectivity index (χ0v) is 16.2.